The molecule has 1 aromatic carbocycles. The average molecular weight is 394 g/mol. The van der Waals surface area contributed by atoms with Gasteiger partial charge in [0.05, 0.1) is 0 Å². The summed E-state index contributed by atoms with van der Waals surface area (Å²) >= 11 is 0. The molecule has 0 saturated carbocycles. The molecule has 2 fully saturated rings. The van der Waals surface area contributed by atoms with Gasteiger partial charge < -0.3 is 15.1 Å². The number of likely N-dealkylation sites (tertiary alicyclic amines) is 2. The summed E-state index contributed by atoms with van der Waals surface area (Å²) in [6.07, 6.45) is 4.47. The van der Waals surface area contributed by atoms with Gasteiger partial charge in [0.15, 0.2) is 0 Å². The summed E-state index contributed by atoms with van der Waals surface area (Å²) in [5.74, 6) is 0.961. The molecule has 3 rings (SSSR count). The largest absolute Gasteiger partial charge is 0.341 e. The summed E-state index contributed by atoms with van der Waals surface area (Å²) in [6.45, 7) is 5.29. The van der Waals surface area contributed by atoms with Gasteiger partial charge in [0.2, 0.25) is 11.8 Å². The maximum atomic E-state index is 13.0. The van der Waals surface area contributed by atoms with E-state index in [1.165, 1.54) is 12.0 Å². The van der Waals surface area contributed by atoms with Crippen molar-refractivity contribution in [2.45, 2.75) is 51.6 Å². The van der Waals surface area contributed by atoms with Crippen LogP contribution in [0.4, 0.5) is 0 Å². The van der Waals surface area contributed by atoms with Gasteiger partial charge in [-0.3, -0.25) is 9.59 Å². The number of amides is 2. The molecule has 1 atom stereocenters. The van der Waals surface area contributed by atoms with Crippen LogP contribution in [-0.2, 0) is 16.1 Å². The predicted molar refractivity (Wildman–Crippen MR) is 110 cm³/mol. The van der Waals surface area contributed by atoms with Gasteiger partial charge >= 0.3 is 0 Å². The van der Waals surface area contributed by atoms with Gasteiger partial charge in [-0.2, -0.15) is 0 Å². The standard InChI is InChI=1S/C21H31N3O2.ClH/c1-16-3-5-18(6-4-16)15-24-19(7-8-20(24)25)21(26)23-13-10-17(11-14-23)9-12-22-2;/h3-6,17,19,22H,7-15H2,1-2H3;1H. The lowest BCUT2D eigenvalue weighted by Gasteiger charge is -2.35. The third kappa shape index (κ3) is 5.45. The smallest absolute Gasteiger partial charge is 0.245 e. The van der Waals surface area contributed by atoms with Gasteiger partial charge in [-0.1, -0.05) is 29.8 Å². The molecule has 2 aliphatic heterocycles. The summed E-state index contributed by atoms with van der Waals surface area (Å²) in [5, 5.41) is 3.21. The molecule has 2 aliphatic rings. The number of aryl methyl sites for hydroxylation is 1. The van der Waals surface area contributed by atoms with E-state index in [0.29, 0.717) is 25.3 Å². The zero-order valence-corrected chi connectivity index (χ0v) is 17.3. The van der Waals surface area contributed by atoms with Crippen LogP contribution >= 0.6 is 12.4 Å². The van der Waals surface area contributed by atoms with Gasteiger partial charge in [-0.25, -0.2) is 0 Å². The van der Waals surface area contributed by atoms with Gasteiger partial charge in [0, 0.05) is 26.1 Å². The zero-order chi connectivity index (χ0) is 18.5. The van der Waals surface area contributed by atoms with Crippen LogP contribution in [0, 0.1) is 12.8 Å². The van der Waals surface area contributed by atoms with Crippen molar-refractivity contribution < 1.29 is 9.59 Å². The molecule has 5 nitrogen and oxygen atoms in total. The topological polar surface area (TPSA) is 52.7 Å². The highest BCUT2D eigenvalue weighted by Gasteiger charge is 2.38. The molecule has 0 bridgehead atoms. The summed E-state index contributed by atoms with van der Waals surface area (Å²) in [5.41, 5.74) is 2.30. The van der Waals surface area contributed by atoms with Crippen LogP contribution in [0.5, 0.6) is 0 Å². The number of carbonyl (C=O) groups is 2. The molecule has 1 aromatic rings. The Kier molecular flexibility index (Phi) is 8.11. The first-order valence-corrected chi connectivity index (χ1v) is 9.87. The van der Waals surface area contributed by atoms with E-state index in [9.17, 15) is 9.59 Å². The fraction of sp³-hybridized carbons (Fsp3) is 0.619. The quantitative estimate of drug-likeness (QED) is 0.808. The van der Waals surface area contributed by atoms with Crippen molar-refractivity contribution in [2.75, 3.05) is 26.7 Å². The van der Waals surface area contributed by atoms with E-state index in [-0.39, 0.29) is 30.3 Å². The van der Waals surface area contributed by atoms with E-state index in [1.54, 1.807) is 4.90 Å². The monoisotopic (exact) mass is 393 g/mol. The molecule has 6 heteroatoms. The molecule has 0 radical (unpaired) electrons. The van der Waals surface area contributed by atoms with Crippen LogP contribution in [0.3, 0.4) is 0 Å². The molecule has 2 amide bonds. The van der Waals surface area contributed by atoms with Crippen molar-refractivity contribution >= 4 is 24.2 Å². The summed E-state index contributed by atoms with van der Waals surface area (Å²) in [6, 6.07) is 7.94. The second-order valence-corrected chi connectivity index (χ2v) is 7.72. The fourth-order valence-corrected chi connectivity index (χ4v) is 4.08. The zero-order valence-electron chi connectivity index (χ0n) is 16.4. The Balaban J connectivity index is 0.00000261. The number of hydrogen-bond donors (Lipinski definition) is 1. The molecule has 1 N–H and O–H groups in total. The molecule has 0 aromatic heterocycles. The highest BCUT2D eigenvalue weighted by atomic mass is 35.5. The fourth-order valence-electron chi connectivity index (χ4n) is 4.08. The second kappa shape index (κ2) is 10.1. The summed E-state index contributed by atoms with van der Waals surface area (Å²) in [4.78, 5) is 29.2. The second-order valence-electron chi connectivity index (χ2n) is 7.72. The summed E-state index contributed by atoms with van der Waals surface area (Å²) in [7, 11) is 1.98. The van der Waals surface area contributed by atoms with Gasteiger partial charge in [-0.05, 0) is 57.7 Å². The van der Waals surface area contributed by atoms with Crippen LogP contribution in [0.2, 0.25) is 0 Å². The maximum Gasteiger partial charge on any atom is 0.245 e. The Morgan fingerprint density at radius 1 is 1.15 bits per heavy atom. The molecule has 2 saturated heterocycles. The van der Waals surface area contributed by atoms with Crippen molar-refractivity contribution in [1.29, 1.82) is 0 Å². The van der Waals surface area contributed by atoms with Gasteiger partial charge in [0.1, 0.15) is 6.04 Å². The van der Waals surface area contributed by atoms with Crippen LogP contribution in [-0.4, -0.2) is 54.3 Å². The molecular weight excluding hydrogens is 362 g/mol. The number of nitrogens with zero attached hydrogens (tertiary/aromatic N) is 2. The van der Waals surface area contributed by atoms with E-state index >= 15 is 0 Å². The number of nitrogens with one attached hydrogen (secondary N) is 1. The van der Waals surface area contributed by atoms with Crippen LogP contribution in [0.15, 0.2) is 24.3 Å². The van der Waals surface area contributed by atoms with E-state index in [4.69, 9.17) is 0 Å². The number of rotatable bonds is 6. The Morgan fingerprint density at radius 2 is 1.81 bits per heavy atom. The van der Waals surface area contributed by atoms with Crippen molar-refractivity contribution in [1.82, 2.24) is 15.1 Å². The molecular formula is C21H32ClN3O2. The molecule has 2 heterocycles. The number of hydrogen-bond acceptors (Lipinski definition) is 3. The molecule has 27 heavy (non-hydrogen) atoms. The number of benzene rings is 1. The van der Waals surface area contributed by atoms with Crippen molar-refractivity contribution in [3.8, 4) is 0 Å². The van der Waals surface area contributed by atoms with Crippen LogP contribution < -0.4 is 5.32 Å². The van der Waals surface area contributed by atoms with E-state index in [0.717, 1.165) is 38.0 Å². The molecule has 0 aliphatic carbocycles. The molecule has 1 unspecified atom stereocenters. The normalized spacial score (nSPS) is 20.7. The van der Waals surface area contributed by atoms with Crippen LogP contribution in [0.25, 0.3) is 0 Å². The van der Waals surface area contributed by atoms with Crippen molar-refractivity contribution in [3.63, 3.8) is 0 Å². The van der Waals surface area contributed by atoms with Crippen molar-refractivity contribution in [3.05, 3.63) is 35.4 Å². The van der Waals surface area contributed by atoms with E-state index in [1.807, 2.05) is 11.9 Å². The minimum absolute atomic E-state index is 0. The lowest BCUT2D eigenvalue weighted by atomic mass is 9.93. The maximum absolute atomic E-state index is 13.0. The first kappa shape index (κ1) is 21.7. The third-order valence-electron chi connectivity index (χ3n) is 5.82. The van der Waals surface area contributed by atoms with Gasteiger partial charge in [-0.15, -0.1) is 12.4 Å². The Morgan fingerprint density at radius 3 is 2.44 bits per heavy atom. The number of carbonyl (C=O) groups excluding carboxylic acids is 2. The Labute approximate surface area is 168 Å². The minimum Gasteiger partial charge on any atom is -0.341 e. The van der Waals surface area contributed by atoms with Crippen molar-refractivity contribution in [2.24, 2.45) is 5.92 Å². The first-order valence-electron chi connectivity index (χ1n) is 9.87. The number of piperidine rings is 1. The SMILES string of the molecule is CNCCC1CCN(C(=O)C2CCC(=O)N2Cc2ccc(C)cc2)CC1.Cl. The first-order chi connectivity index (χ1) is 12.6. The molecule has 150 valence electrons. The highest BCUT2D eigenvalue weighted by molar-refractivity contribution is 5.91. The minimum atomic E-state index is -0.280. The summed E-state index contributed by atoms with van der Waals surface area (Å²) < 4.78 is 0. The predicted octanol–water partition coefficient (Wildman–Crippen LogP) is 2.76. The lowest BCUT2D eigenvalue weighted by molar-refractivity contribution is -0.142. The van der Waals surface area contributed by atoms with Gasteiger partial charge in [0.25, 0.3) is 0 Å². The molecule has 0 spiro atoms. The number of halogens is 1. The van der Waals surface area contributed by atoms with Crippen LogP contribution in [0.1, 0.15) is 43.2 Å². The third-order valence-corrected chi connectivity index (χ3v) is 5.82. The lowest BCUT2D eigenvalue weighted by Crippen LogP contribution is -2.49. The Bertz CT molecular complexity index is 627. The highest BCUT2D eigenvalue weighted by Crippen LogP contribution is 2.26. The van der Waals surface area contributed by atoms with E-state index in [2.05, 4.69) is 36.5 Å². The average Bonchev–Trinajstić information content (AvgIpc) is 3.02. The Hall–Kier alpha value is -1.59. The van der Waals surface area contributed by atoms with E-state index < -0.39 is 0 Å².